The van der Waals surface area contributed by atoms with Crippen LogP contribution in [0.5, 0.6) is 0 Å². The zero-order valence-corrected chi connectivity index (χ0v) is 9.52. The predicted octanol–water partition coefficient (Wildman–Crippen LogP) is 3.35. The van der Waals surface area contributed by atoms with Gasteiger partial charge in [0.25, 0.3) is 0 Å². The van der Waals surface area contributed by atoms with E-state index in [9.17, 15) is 4.79 Å². The van der Waals surface area contributed by atoms with Crippen LogP contribution in [0.25, 0.3) is 10.9 Å². The number of carbonyl (C=O) groups is 1. The average molecular weight is 273 g/mol. The molecule has 0 aliphatic rings. The molecule has 2 nitrogen and oxygen atoms in total. The maximum Gasteiger partial charge on any atom is 0.193 e. The largest absolute Gasteiger partial charge is 0.352 e. The molecule has 1 aromatic heterocycles. The van der Waals surface area contributed by atoms with Gasteiger partial charge in [0.2, 0.25) is 0 Å². The number of ketones is 1. The van der Waals surface area contributed by atoms with Crippen LogP contribution in [0.4, 0.5) is 0 Å². The van der Waals surface area contributed by atoms with E-state index >= 15 is 0 Å². The molecule has 1 heterocycles. The van der Waals surface area contributed by atoms with Gasteiger partial charge in [0.15, 0.2) is 5.78 Å². The Morgan fingerprint density at radius 2 is 2.21 bits per heavy atom. The van der Waals surface area contributed by atoms with Gasteiger partial charge in [0, 0.05) is 15.4 Å². The topological polar surface area (TPSA) is 32.9 Å². The lowest BCUT2D eigenvalue weighted by atomic mass is 10.2. The molecule has 0 bridgehead atoms. The molecule has 0 spiro atoms. The summed E-state index contributed by atoms with van der Waals surface area (Å²) in [5, 5.41) is 1.02. The number of aromatic amines is 1. The molecule has 1 aromatic carbocycles. The lowest BCUT2D eigenvalue weighted by Gasteiger charge is -1.90. The highest BCUT2D eigenvalue weighted by molar-refractivity contribution is 9.10. The van der Waals surface area contributed by atoms with Gasteiger partial charge in [-0.25, -0.2) is 0 Å². The van der Waals surface area contributed by atoms with E-state index in [-0.39, 0.29) is 11.7 Å². The summed E-state index contributed by atoms with van der Waals surface area (Å²) in [6.45, 7) is 0. The molecule has 0 radical (unpaired) electrons. The first-order chi connectivity index (χ1) is 6.70. The lowest BCUT2D eigenvalue weighted by Crippen LogP contribution is -1.99. The van der Waals surface area contributed by atoms with E-state index in [0.717, 1.165) is 15.4 Å². The fraction of sp³-hybridized carbons (Fsp3) is 0.100. The first-order valence-corrected chi connectivity index (χ1v) is 5.41. The van der Waals surface area contributed by atoms with E-state index in [2.05, 4.69) is 20.9 Å². The molecular formula is C10H7BrClNO. The summed E-state index contributed by atoms with van der Waals surface area (Å²) in [7, 11) is 0. The molecule has 0 amide bonds. The van der Waals surface area contributed by atoms with Crippen LogP contribution in [-0.2, 0) is 0 Å². The number of Topliss-reactive ketones (excluding diaryl/α,β-unsaturated/α-hetero) is 1. The summed E-state index contributed by atoms with van der Waals surface area (Å²) in [6, 6.07) is 7.62. The number of hydrogen-bond donors (Lipinski definition) is 1. The Morgan fingerprint density at radius 3 is 2.93 bits per heavy atom. The molecule has 0 atom stereocenters. The van der Waals surface area contributed by atoms with Crippen molar-refractivity contribution >= 4 is 44.2 Å². The molecule has 0 saturated heterocycles. The highest BCUT2D eigenvalue weighted by Gasteiger charge is 2.07. The number of carbonyl (C=O) groups excluding carboxylic acids is 1. The van der Waals surface area contributed by atoms with E-state index in [1.807, 2.05) is 24.3 Å². The minimum atomic E-state index is -0.0843. The summed E-state index contributed by atoms with van der Waals surface area (Å²) in [5.41, 5.74) is 1.50. The van der Waals surface area contributed by atoms with Gasteiger partial charge in [0.1, 0.15) is 0 Å². The first kappa shape index (κ1) is 9.74. The van der Waals surface area contributed by atoms with Gasteiger partial charge in [-0.2, -0.15) is 0 Å². The second kappa shape index (κ2) is 3.75. The number of benzene rings is 1. The third-order valence-electron chi connectivity index (χ3n) is 2.01. The second-order valence-electron chi connectivity index (χ2n) is 2.97. The van der Waals surface area contributed by atoms with Crippen molar-refractivity contribution in [2.24, 2.45) is 0 Å². The van der Waals surface area contributed by atoms with Crippen molar-refractivity contribution in [3.8, 4) is 0 Å². The Labute approximate surface area is 94.4 Å². The third-order valence-corrected chi connectivity index (χ3v) is 2.74. The maximum absolute atomic E-state index is 11.3. The molecule has 0 aliphatic heterocycles. The third kappa shape index (κ3) is 1.70. The Balaban J connectivity index is 2.56. The maximum atomic E-state index is 11.3. The average Bonchev–Trinajstić information content (AvgIpc) is 2.59. The van der Waals surface area contributed by atoms with E-state index < -0.39 is 0 Å². The van der Waals surface area contributed by atoms with Crippen LogP contribution in [0.15, 0.2) is 28.7 Å². The van der Waals surface area contributed by atoms with Crippen LogP contribution >= 0.6 is 27.5 Å². The number of aromatic nitrogens is 1. The quantitative estimate of drug-likeness (QED) is 0.660. The van der Waals surface area contributed by atoms with E-state index in [1.54, 1.807) is 0 Å². The predicted molar refractivity (Wildman–Crippen MR) is 61.0 cm³/mol. The minimum Gasteiger partial charge on any atom is -0.352 e. The number of H-pyrrole nitrogens is 1. The molecule has 1 N–H and O–H groups in total. The highest BCUT2D eigenvalue weighted by Crippen LogP contribution is 2.20. The molecule has 4 heteroatoms. The molecule has 72 valence electrons. The Bertz CT molecular complexity index is 492. The summed E-state index contributed by atoms with van der Waals surface area (Å²) in [6.07, 6.45) is 0. The minimum absolute atomic E-state index is 0.00793. The fourth-order valence-electron chi connectivity index (χ4n) is 1.32. The Kier molecular flexibility index (Phi) is 2.61. The Morgan fingerprint density at radius 1 is 1.43 bits per heavy atom. The summed E-state index contributed by atoms with van der Waals surface area (Å²) in [4.78, 5) is 14.3. The number of nitrogens with one attached hydrogen (secondary N) is 1. The van der Waals surface area contributed by atoms with Gasteiger partial charge >= 0.3 is 0 Å². The van der Waals surface area contributed by atoms with Crippen molar-refractivity contribution in [3.05, 3.63) is 34.4 Å². The second-order valence-corrected chi connectivity index (χ2v) is 4.15. The lowest BCUT2D eigenvalue weighted by molar-refractivity contribution is 0.101. The van der Waals surface area contributed by atoms with Crippen molar-refractivity contribution < 1.29 is 4.79 Å². The van der Waals surface area contributed by atoms with Crippen molar-refractivity contribution in [2.75, 3.05) is 5.88 Å². The van der Waals surface area contributed by atoms with Crippen molar-refractivity contribution in [2.45, 2.75) is 0 Å². The van der Waals surface area contributed by atoms with Crippen molar-refractivity contribution in [1.29, 1.82) is 0 Å². The van der Waals surface area contributed by atoms with Crippen LogP contribution in [0.3, 0.4) is 0 Å². The number of rotatable bonds is 2. The van der Waals surface area contributed by atoms with Crippen molar-refractivity contribution in [3.63, 3.8) is 0 Å². The van der Waals surface area contributed by atoms with Crippen LogP contribution in [0.2, 0.25) is 0 Å². The summed E-state index contributed by atoms with van der Waals surface area (Å²) < 4.78 is 0.983. The van der Waals surface area contributed by atoms with Gasteiger partial charge in [-0.15, -0.1) is 11.6 Å². The smallest absolute Gasteiger partial charge is 0.193 e. The van der Waals surface area contributed by atoms with E-state index in [1.165, 1.54) is 0 Å². The number of hydrogen-bond acceptors (Lipinski definition) is 1. The van der Waals surface area contributed by atoms with Gasteiger partial charge in [0.05, 0.1) is 11.6 Å². The van der Waals surface area contributed by atoms with E-state index in [0.29, 0.717) is 5.69 Å². The number of alkyl halides is 1. The summed E-state index contributed by atoms with van der Waals surface area (Å²) in [5.74, 6) is -0.0763. The summed E-state index contributed by atoms with van der Waals surface area (Å²) >= 11 is 8.83. The van der Waals surface area contributed by atoms with E-state index in [4.69, 9.17) is 11.6 Å². The van der Waals surface area contributed by atoms with Gasteiger partial charge < -0.3 is 4.98 Å². The fourth-order valence-corrected chi connectivity index (χ4v) is 1.83. The molecule has 0 fully saturated rings. The Hall–Kier alpha value is -0.800. The van der Waals surface area contributed by atoms with Gasteiger partial charge in [-0.1, -0.05) is 22.0 Å². The monoisotopic (exact) mass is 271 g/mol. The number of fused-ring (bicyclic) bond motifs is 1. The molecule has 0 unspecified atom stereocenters. The van der Waals surface area contributed by atoms with Gasteiger partial charge in [-0.05, 0) is 18.2 Å². The molecule has 14 heavy (non-hydrogen) atoms. The zero-order valence-electron chi connectivity index (χ0n) is 7.18. The van der Waals surface area contributed by atoms with Crippen LogP contribution in [0, 0.1) is 0 Å². The highest BCUT2D eigenvalue weighted by atomic mass is 79.9. The van der Waals surface area contributed by atoms with Crippen LogP contribution in [0.1, 0.15) is 10.5 Å². The van der Waals surface area contributed by atoms with Gasteiger partial charge in [-0.3, -0.25) is 4.79 Å². The molecular weight excluding hydrogens is 265 g/mol. The van der Waals surface area contributed by atoms with Crippen LogP contribution < -0.4 is 0 Å². The normalized spacial score (nSPS) is 10.7. The first-order valence-electron chi connectivity index (χ1n) is 4.08. The molecule has 0 aliphatic carbocycles. The van der Waals surface area contributed by atoms with Crippen LogP contribution in [-0.4, -0.2) is 16.6 Å². The molecule has 2 rings (SSSR count). The molecule has 0 saturated carbocycles. The standard InChI is InChI=1S/C10H7BrClNO/c11-7-2-1-6-3-9(10(14)5-12)13-8(6)4-7/h1-4,13H,5H2. The van der Waals surface area contributed by atoms with Crippen molar-refractivity contribution in [1.82, 2.24) is 4.98 Å². The zero-order chi connectivity index (χ0) is 10.1. The SMILES string of the molecule is O=C(CCl)c1cc2ccc(Br)cc2[nH]1. The number of halogens is 2. The molecule has 2 aromatic rings.